The molecule has 414 valence electrons. The summed E-state index contributed by atoms with van der Waals surface area (Å²) in [5, 5.41) is 8.74. The van der Waals surface area contributed by atoms with E-state index in [4.69, 9.17) is 38.4 Å². The number of thiazole rings is 1. The SMILES string of the molecule is CO[C@@H](C)c1ncc(N2CCN(C3CC3)CC2)cc1-c1c2c3cc(ccc3n1CCOC1CCOCC1)-c1csc(n1)[C@@H](N1CC3(COC3)C1)[C@H](NC(=O)C13CC(C1)[C@@H](C)O3)C(=O)N1CCC[C@H](N1)C(=O)OCC(C)(C)C2. The van der Waals surface area contributed by atoms with Gasteiger partial charge in [0.1, 0.15) is 22.7 Å². The van der Waals surface area contributed by atoms with Gasteiger partial charge in [0.2, 0.25) is 0 Å². The van der Waals surface area contributed by atoms with Gasteiger partial charge in [-0.3, -0.25) is 34.2 Å². The molecule has 14 rings (SSSR count). The number of amides is 2. The van der Waals surface area contributed by atoms with Crippen LogP contribution in [0.4, 0.5) is 5.69 Å². The molecule has 7 saturated heterocycles. The number of carbonyl (C=O) groups excluding carboxylic acids is 3. The number of nitrogens with zero attached hydrogens (tertiary/aromatic N) is 7. The summed E-state index contributed by atoms with van der Waals surface area (Å²) in [4.78, 5) is 62.6. The molecule has 3 aromatic heterocycles. The number of piperazine rings is 1. The summed E-state index contributed by atoms with van der Waals surface area (Å²) < 4.78 is 39.4. The number of hydrogen-bond donors (Lipinski definition) is 2. The Morgan fingerprint density at radius 3 is 2.48 bits per heavy atom. The molecule has 4 aromatic rings. The van der Waals surface area contributed by atoms with Crippen LogP contribution in [0.5, 0.6) is 0 Å². The van der Waals surface area contributed by atoms with Crippen molar-refractivity contribution in [1.29, 1.82) is 0 Å². The molecule has 9 fully saturated rings. The molecule has 1 spiro atoms. The summed E-state index contributed by atoms with van der Waals surface area (Å²) in [5.41, 5.74) is 9.70. The van der Waals surface area contributed by atoms with Crippen molar-refractivity contribution in [2.75, 3.05) is 97.5 Å². The largest absolute Gasteiger partial charge is 0.464 e. The fraction of sp³-hybridized carbons (Fsp3) is 0.672. The number of hydrazine groups is 1. The van der Waals surface area contributed by atoms with Gasteiger partial charge in [0, 0.05) is 117 Å². The molecule has 2 N–H and O–H groups in total. The molecule has 77 heavy (non-hydrogen) atoms. The Morgan fingerprint density at radius 1 is 0.974 bits per heavy atom. The summed E-state index contributed by atoms with van der Waals surface area (Å²) in [7, 11) is 1.75. The molecule has 2 saturated carbocycles. The maximum Gasteiger partial charge on any atom is 0.324 e. The van der Waals surface area contributed by atoms with E-state index < -0.39 is 35.1 Å². The molecule has 0 radical (unpaired) electrons. The maximum atomic E-state index is 15.4. The van der Waals surface area contributed by atoms with Crippen molar-refractivity contribution < 1.29 is 42.8 Å². The van der Waals surface area contributed by atoms with Gasteiger partial charge >= 0.3 is 5.97 Å². The summed E-state index contributed by atoms with van der Waals surface area (Å²) in [6.45, 7) is 18.1. The number of nitrogens with one attached hydrogen (secondary N) is 2. The predicted octanol–water partition coefficient (Wildman–Crippen LogP) is 6.06. The zero-order valence-corrected chi connectivity index (χ0v) is 46.4. The lowest BCUT2D eigenvalue weighted by atomic mass is 9.72. The fourth-order valence-electron chi connectivity index (χ4n) is 13.8. The van der Waals surface area contributed by atoms with Crippen LogP contribution in [-0.4, -0.2) is 176 Å². The number of esters is 1. The maximum absolute atomic E-state index is 15.4. The summed E-state index contributed by atoms with van der Waals surface area (Å²) in [5.74, 6) is -0.675. The van der Waals surface area contributed by atoms with Gasteiger partial charge in [0.05, 0.1) is 79.7 Å². The minimum Gasteiger partial charge on any atom is -0.464 e. The fourth-order valence-corrected chi connectivity index (χ4v) is 14.8. The molecule has 1 aromatic carbocycles. The molecule has 11 heterocycles. The van der Waals surface area contributed by atoms with Crippen molar-refractivity contribution >= 4 is 45.7 Å². The summed E-state index contributed by atoms with van der Waals surface area (Å²) in [6, 6.07) is 7.33. The lowest BCUT2D eigenvalue weighted by molar-refractivity contribution is -0.203. The van der Waals surface area contributed by atoms with E-state index in [9.17, 15) is 9.59 Å². The topological polar surface area (TPSA) is 174 Å². The van der Waals surface area contributed by atoms with E-state index in [1.165, 1.54) is 24.2 Å². The molecule has 8 aliphatic heterocycles. The highest BCUT2D eigenvalue weighted by Crippen LogP contribution is 2.53. The van der Waals surface area contributed by atoms with E-state index in [0.717, 1.165) is 100 Å². The van der Waals surface area contributed by atoms with Gasteiger partial charge < -0.3 is 43.2 Å². The number of hydrogen-bond acceptors (Lipinski definition) is 16. The number of methoxy groups -OCH3 is 1. The van der Waals surface area contributed by atoms with Crippen LogP contribution in [0.25, 0.3) is 33.4 Å². The first-order valence-electron chi connectivity index (χ1n) is 28.6. The van der Waals surface area contributed by atoms with Gasteiger partial charge in [0.15, 0.2) is 0 Å². The van der Waals surface area contributed by atoms with Gasteiger partial charge in [-0.1, -0.05) is 19.9 Å². The number of carbonyl (C=O) groups is 3. The summed E-state index contributed by atoms with van der Waals surface area (Å²) >= 11 is 1.52. The van der Waals surface area contributed by atoms with Crippen LogP contribution in [0.2, 0.25) is 0 Å². The number of ether oxygens (including phenoxy) is 6. The molecule has 2 aliphatic carbocycles. The van der Waals surface area contributed by atoms with E-state index >= 15 is 4.79 Å². The number of aromatic nitrogens is 3. The Balaban J connectivity index is 0.949. The number of pyridine rings is 1. The highest BCUT2D eigenvalue weighted by Gasteiger charge is 2.62. The van der Waals surface area contributed by atoms with Crippen LogP contribution < -0.4 is 15.6 Å². The van der Waals surface area contributed by atoms with Crippen molar-refractivity contribution in [2.24, 2.45) is 16.7 Å². The molecule has 19 heteroatoms. The van der Waals surface area contributed by atoms with E-state index in [0.29, 0.717) is 97.2 Å². The third-order valence-corrected chi connectivity index (χ3v) is 19.5. The minimum absolute atomic E-state index is 0.00271. The number of cyclic esters (lactones) is 1. The van der Waals surface area contributed by atoms with E-state index in [-0.39, 0.29) is 42.1 Å². The molecule has 2 amide bonds. The van der Waals surface area contributed by atoms with Crippen LogP contribution in [0.3, 0.4) is 0 Å². The van der Waals surface area contributed by atoms with E-state index in [1.807, 2.05) is 13.1 Å². The monoisotopic (exact) mass is 1080 g/mol. The van der Waals surface area contributed by atoms with Gasteiger partial charge in [-0.05, 0) is 101 Å². The lowest BCUT2D eigenvalue weighted by Gasteiger charge is -2.58. The lowest BCUT2D eigenvalue weighted by Crippen LogP contribution is -2.70. The molecule has 18 nitrogen and oxygen atoms in total. The number of anilines is 1. The standard InChI is InChI=1S/C58H77N9O9S/c1-35-38-25-58(26-38,76-35)55(70)61-49-51(65-30-57(31-65)33-73-34-57)52-60-46(29-77-52)37-8-11-47-42(23-37)44(27-56(3,4)32-75-54(69)45-7-6-14-67(62-45)53(49)68)50(66(47)19-22-74-41-12-20-72-21-13-41)43-24-40(28-59-48(43)36(2)71-5)64-17-15-63(16-18-64)39-9-10-39/h8,11,23-24,28-29,35-36,38-39,41,45,49,51,62H,6-7,9-10,12-22,25-27,30-34H2,1-5H3,(H,61,70)/t35-,36+,38?,45+,49+,51+,58?/m1/s1. The third-order valence-electron chi connectivity index (χ3n) is 18.5. The average Bonchev–Trinajstić information content (AvgIpc) is 3.82. The molecular formula is C58H77N9O9S. The summed E-state index contributed by atoms with van der Waals surface area (Å²) in [6.07, 6.45) is 9.05. The van der Waals surface area contributed by atoms with Crippen LogP contribution in [-0.2, 0) is 55.8 Å². The first-order valence-corrected chi connectivity index (χ1v) is 29.5. The van der Waals surface area contributed by atoms with Crippen molar-refractivity contribution in [1.82, 2.24) is 40.1 Å². The van der Waals surface area contributed by atoms with Gasteiger partial charge in [-0.2, -0.15) is 0 Å². The van der Waals surface area contributed by atoms with E-state index in [1.54, 1.807) is 12.1 Å². The van der Waals surface area contributed by atoms with Gasteiger partial charge in [-0.15, -0.1) is 11.3 Å². The number of rotatable bonds is 12. The second kappa shape index (κ2) is 20.5. The highest BCUT2D eigenvalue weighted by atomic mass is 32.1. The van der Waals surface area contributed by atoms with Crippen LogP contribution in [0, 0.1) is 16.7 Å². The minimum atomic E-state index is -1.03. The Hall–Kier alpha value is -4.57. The van der Waals surface area contributed by atoms with Crippen LogP contribution in [0.15, 0.2) is 35.8 Å². The molecule has 5 atom stereocenters. The molecule has 10 aliphatic rings. The zero-order valence-electron chi connectivity index (χ0n) is 45.6. The number of fused-ring (bicyclic) bond motifs is 7. The first kappa shape index (κ1) is 51.8. The average molecular weight is 1080 g/mol. The smallest absolute Gasteiger partial charge is 0.324 e. The second-order valence-corrected chi connectivity index (χ2v) is 25.7. The highest BCUT2D eigenvalue weighted by molar-refractivity contribution is 7.10. The van der Waals surface area contributed by atoms with Gasteiger partial charge in [0.25, 0.3) is 11.8 Å². The Kier molecular flexibility index (Phi) is 13.8. The molecule has 0 unspecified atom stereocenters. The van der Waals surface area contributed by atoms with E-state index in [2.05, 4.69) is 80.4 Å². The van der Waals surface area contributed by atoms with Crippen LogP contribution >= 0.6 is 11.3 Å². The van der Waals surface area contributed by atoms with Crippen molar-refractivity contribution in [3.05, 3.63) is 52.1 Å². The number of likely N-dealkylation sites (tertiary alicyclic amines) is 1. The zero-order chi connectivity index (χ0) is 52.8. The molecule has 8 bridgehead atoms. The quantitative estimate of drug-likeness (QED) is 0.157. The third kappa shape index (κ3) is 9.80. The predicted molar refractivity (Wildman–Crippen MR) is 290 cm³/mol. The first-order chi connectivity index (χ1) is 37.3. The van der Waals surface area contributed by atoms with Crippen molar-refractivity contribution in [2.45, 2.75) is 140 Å². The van der Waals surface area contributed by atoms with Crippen molar-refractivity contribution in [3.8, 4) is 22.5 Å². The normalized spacial score (nSPS) is 30.1. The second-order valence-electron chi connectivity index (χ2n) is 24.8. The Morgan fingerprint density at radius 2 is 1.77 bits per heavy atom. The molecular weight excluding hydrogens is 999 g/mol. The Labute approximate surface area is 455 Å². The van der Waals surface area contributed by atoms with Crippen molar-refractivity contribution in [3.63, 3.8) is 0 Å². The van der Waals surface area contributed by atoms with Gasteiger partial charge in [-0.25, -0.2) is 10.4 Å². The number of benzene rings is 1. The Bertz CT molecular complexity index is 2870. The van der Waals surface area contributed by atoms with Crippen LogP contribution in [0.1, 0.15) is 107 Å².